The zero-order valence-electron chi connectivity index (χ0n) is 16.1. The van der Waals surface area contributed by atoms with Gasteiger partial charge >= 0.3 is 0 Å². The molecule has 1 aromatic carbocycles. The Balaban J connectivity index is 2.30. The number of anilines is 2. The summed E-state index contributed by atoms with van der Waals surface area (Å²) in [7, 11) is 3.95. The summed E-state index contributed by atoms with van der Waals surface area (Å²) in [6, 6.07) is 9.60. The molecule has 1 N–H and O–H groups in total. The average molecular weight is 374 g/mol. The smallest absolute Gasteiger partial charge is 0.265 e. The Morgan fingerprint density at radius 3 is 2.46 bits per heavy atom. The highest BCUT2D eigenvalue weighted by atomic mass is 32.1. The minimum absolute atomic E-state index is 0.113. The Hall–Kier alpha value is -2.34. The topological polar surface area (TPSA) is 52.7 Å². The summed E-state index contributed by atoms with van der Waals surface area (Å²) in [6.45, 7) is 6.43. The van der Waals surface area contributed by atoms with E-state index in [2.05, 4.69) is 5.32 Å². The van der Waals surface area contributed by atoms with Crippen LogP contribution in [0.15, 0.2) is 35.7 Å². The van der Waals surface area contributed by atoms with E-state index in [-0.39, 0.29) is 17.9 Å². The first-order valence-corrected chi connectivity index (χ1v) is 9.66. The van der Waals surface area contributed by atoms with Gasteiger partial charge in [0.1, 0.15) is 0 Å². The van der Waals surface area contributed by atoms with Crippen molar-refractivity contribution in [2.75, 3.05) is 24.3 Å². The van der Waals surface area contributed by atoms with Gasteiger partial charge in [-0.2, -0.15) is 0 Å². The van der Waals surface area contributed by atoms with Crippen molar-refractivity contribution in [3.63, 3.8) is 0 Å². The number of carbonyl (C=O) groups excluding carboxylic acids is 2. The Kier molecular flexibility index (Phi) is 6.80. The summed E-state index contributed by atoms with van der Waals surface area (Å²) in [4.78, 5) is 29.2. The Bertz CT molecular complexity index is 754. The molecule has 2 rings (SSSR count). The summed E-state index contributed by atoms with van der Waals surface area (Å²) in [5.41, 5.74) is 2.78. The molecule has 0 spiro atoms. The molecule has 0 radical (unpaired) electrons. The highest BCUT2D eigenvalue weighted by Crippen LogP contribution is 2.26. The Labute approximate surface area is 159 Å². The second kappa shape index (κ2) is 8.85. The van der Waals surface area contributed by atoms with Crippen molar-refractivity contribution in [2.24, 2.45) is 0 Å². The van der Waals surface area contributed by atoms with Crippen LogP contribution in [-0.2, 0) is 11.3 Å². The monoisotopic (exact) mass is 373 g/mol. The molecule has 1 heterocycles. The molecule has 0 unspecified atom stereocenters. The van der Waals surface area contributed by atoms with E-state index in [1.807, 2.05) is 74.3 Å². The quantitative estimate of drug-likeness (QED) is 0.791. The van der Waals surface area contributed by atoms with E-state index in [0.29, 0.717) is 17.8 Å². The standard InChI is InChI=1S/C20H27N3O2S/c1-6-19(24)23(14(2)3)13-15-12-16(9-10-17(15)22(4)5)21-20(25)18-8-7-11-26-18/h7-12,14H,6,13H2,1-5H3,(H,21,25). The van der Waals surface area contributed by atoms with Crippen LogP contribution < -0.4 is 10.2 Å². The first-order chi connectivity index (χ1) is 12.3. The lowest BCUT2D eigenvalue weighted by Gasteiger charge is -2.29. The van der Waals surface area contributed by atoms with Gasteiger partial charge in [0.2, 0.25) is 5.91 Å². The number of amides is 2. The van der Waals surface area contributed by atoms with Crippen LogP contribution >= 0.6 is 11.3 Å². The second-order valence-corrected chi connectivity index (χ2v) is 7.59. The van der Waals surface area contributed by atoms with E-state index in [9.17, 15) is 9.59 Å². The minimum atomic E-state index is -0.117. The summed E-state index contributed by atoms with van der Waals surface area (Å²) in [6.07, 6.45) is 0.476. The van der Waals surface area contributed by atoms with Crippen molar-refractivity contribution >= 4 is 34.5 Å². The number of rotatable bonds is 7. The number of benzene rings is 1. The number of nitrogens with one attached hydrogen (secondary N) is 1. The molecule has 0 saturated carbocycles. The molecule has 140 valence electrons. The SMILES string of the molecule is CCC(=O)N(Cc1cc(NC(=O)c2cccs2)ccc1N(C)C)C(C)C. The zero-order chi connectivity index (χ0) is 19.3. The molecule has 0 aliphatic heterocycles. The van der Waals surface area contributed by atoms with Crippen LogP contribution in [0.25, 0.3) is 0 Å². The maximum Gasteiger partial charge on any atom is 0.265 e. The summed E-state index contributed by atoms with van der Waals surface area (Å²) < 4.78 is 0. The molecular formula is C20H27N3O2S. The van der Waals surface area contributed by atoms with Crippen molar-refractivity contribution in [3.05, 3.63) is 46.2 Å². The molecule has 0 atom stereocenters. The predicted octanol–water partition coefficient (Wildman–Crippen LogP) is 4.21. The van der Waals surface area contributed by atoms with Crippen LogP contribution in [0.1, 0.15) is 42.4 Å². The Morgan fingerprint density at radius 2 is 1.92 bits per heavy atom. The molecule has 0 saturated heterocycles. The van der Waals surface area contributed by atoms with Gasteiger partial charge in [0.25, 0.3) is 5.91 Å². The molecule has 1 aromatic heterocycles. The van der Waals surface area contributed by atoms with Gasteiger partial charge < -0.3 is 15.1 Å². The van der Waals surface area contributed by atoms with Gasteiger partial charge in [0, 0.05) is 44.5 Å². The van der Waals surface area contributed by atoms with Crippen molar-refractivity contribution in [2.45, 2.75) is 39.8 Å². The molecule has 26 heavy (non-hydrogen) atoms. The number of carbonyl (C=O) groups is 2. The van der Waals surface area contributed by atoms with Crippen molar-refractivity contribution in [1.82, 2.24) is 4.90 Å². The lowest BCUT2D eigenvalue weighted by Crippen LogP contribution is -2.36. The van der Waals surface area contributed by atoms with Gasteiger partial charge in [-0.1, -0.05) is 13.0 Å². The highest BCUT2D eigenvalue weighted by Gasteiger charge is 2.18. The first-order valence-electron chi connectivity index (χ1n) is 8.78. The number of hydrogen-bond donors (Lipinski definition) is 1. The zero-order valence-corrected chi connectivity index (χ0v) is 16.9. The van der Waals surface area contributed by atoms with Crippen LogP contribution in [0.3, 0.4) is 0 Å². The molecular weight excluding hydrogens is 346 g/mol. The molecule has 0 bridgehead atoms. The van der Waals surface area contributed by atoms with Crippen LogP contribution in [0.5, 0.6) is 0 Å². The van der Waals surface area contributed by atoms with Gasteiger partial charge in [-0.15, -0.1) is 11.3 Å². The van der Waals surface area contributed by atoms with E-state index in [1.54, 1.807) is 6.07 Å². The molecule has 0 aliphatic carbocycles. The summed E-state index contributed by atoms with van der Waals surface area (Å²) >= 11 is 1.41. The normalized spacial score (nSPS) is 10.7. The third kappa shape index (κ3) is 4.85. The minimum Gasteiger partial charge on any atom is -0.377 e. The fourth-order valence-corrected chi connectivity index (χ4v) is 3.39. The van der Waals surface area contributed by atoms with Crippen LogP contribution in [0.4, 0.5) is 11.4 Å². The molecule has 2 aromatic rings. The van der Waals surface area contributed by atoms with E-state index in [4.69, 9.17) is 0 Å². The molecule has 0 aliphatic rings. The van der Waals surface area contributed by atoms with Crippen LogP contribution in [0.2, 0.25) is 0 Å². The number of nitrogens with zero attached hydrogens (tertiary/aromatic N) is 2. The summed E-state index contributed by atoms with van der Waals surface area (Å²) in [5, 5.41) is 4.83. The number of thiophene rings is 1. The molecule has 6 heteroatoms. The van der Waals surface area contributed by atoms with Gasteiger partial charge in [-0.05, 0) is 49.1 Å². The lowest BCUT2D eigenvalue weighted by molar-refractivity contribution is -0.133. The summed E-state index contributed by atoms with van der Waals surface area (Å²) in [5.74, 6) is 0.00614. The largest absolute Gasteiger partial charge is 0.377 e. The van der Waals surface area contributed by atoms with Crippen molar-refractivity contribution < 1.29 is 9.59 Å². The predicted molar refractivity (Wildman–Crippen MR) is 109 cm³/mol. The maximum absolute atomic E-state index is 12.3. The molecule has 0 fully saturated rings. The van der Waals surface area contributed by atoms with E-state index < -0.39 is 0 Å². The van der Waals surface area contributed by atoms with E-state index >= 15 is 0 Å². The lowest BCUT2D eigenvalue weighted by atomic mass is 10.1. The van der Waals surface area contributed by atoms with Crippen molar-refractivity contribution in [3.8, 4) is 0 Å². The fourth-order valence-electron chi connectivity index (χ4n) is 2.77. The van der Waals surface area contributed by atoms with Crippen LogP contribution in [-0.4, -0.2) is 36.9 Å². The molecule has 2 amide bonds. The molecule has 5 nitrogen and oxygen atoms in total. The van der Waals surface area contributed by atoms with Crippen molar-refractivity contribution in [1.29, 1.82) is 0 Å². The average Bonchev–Trinajstić information content (AvgIpc) is 3.13. The van der Waals surface area contributed by atoms with Gasteiger partial charge in [-0.25, -0.2) is 0 Å². The maximum atomic E-state index is 12.3. The Morgan fingerprint density at radius 1 is 1.19 bits per heavy atom. The van der Waals surface area contributed by atoms with Gasteiger partial charge in [0.05, 0.1) is 4.88 Å². The highest BCUT2D eigenvalue weighted by molar-refractivity contribution is 7.12. The third-order valence-corrected chi connectivity index (χ3v) is 5.02. The fraction of sp³-hybridized carbons (Fsp3) is 0.400. The van der Waals surface area contributed by atoms with E-state index in [0.717, 1.165) is 16.9 Å². The van der Waals surface area contributed by atoms with E-state index in [1.165, 1.54) is 11.3 Å². The second-order valence-electron chi connectivity index (χ2n) is 6.64. The first kappa shape index (κ1) is 20.0. The third-order valence-electron chi connectivity index (χ3n) is 4.15. The van der Waals surface area contributed by atoms with Gasteiger partial charge in [-0.3, -0.25) is 9.59 Å². The van der Waals surface area contributed by atoms with Gasteiger partial charge in [0.15, 0.2) is 0 Å². The van der Waals surface area contributed by atoms with Crippen LogP contribution in [0, 0.1) is 0 Å². The number of hydrogen-bond acceptors (Lipinski definition) is 4.